The number of carbonyl (C=O) groups excluding carboxylic acids is 1. The van der Waals surface area contributed by atoms with Gasteiger partial charge >= 0.3 is 5.97 Å². The summed E-state index contributed by atoms with van der Waals surface area (Å²) in [7, 11) is 3.38. The van der Waals surface area contributed by atoms with Crippen molar-refractivity contribution in [1.82, 2.24) is 20.1 Å². The number of nitrogens with one attached hydrogen (secondary N) is 1. The number of carboxylic acid groups (broad SMARTS) is 1. The van der Waals surface area contributed by atoms with Crippen LogP contribution in [0.25, 0.3) is 11.3 Å². The third-order valence-corrected chi connectivity index (χ3v) is 5.22. The number of benzene rings is 1. The van der Waals surface area contributed by atoms with Crippen molar-refractivity contribution >= 4 is 11.9 Å². The minimum atomic E-state index is -1.00. The van der Waals surface area contributed by atoms with Gasteiger partial charge < -0.3 is 15.2 Å². The van der Waals surface area contributed by atoms with Crippen LogP contribution in [0.5, 0.6) is 5.75 Å². The van der Waals surface area contributed by atoms with E-state index in [0.29, 0.717) is 17.0 Å². The molecule has 0 saturated carbocycles. The number of carbonyl (C=O) groups is 2. The predicted octanol–water partition coefficient (Wildman–Crippen LogP) is 3.36. The van der Waals surface area contributed by atoms with Crippen LogP contribution in [0.15, 0.2) is 36.4 Å². The lowest BCUT2D eigenvalue weighted by molar-refractivity contribution is -0.137. The zero-order valence-corrected chi connectivity index (χ0v) is 18.3. The van der Waals surface area contributed by atoms with Crippen molar-refractivity contribution in [2.24, 2.45) is 7.05 Å². The molecule has 3 aromatic rings. The fourth-order valence-electron chi connectivity index (χ4n) is 3.49. The van der Waals surface area contributed by atoms with Gasteiger partial charge in [-0.05, 0) is 38.5 Å². The zero-order valence-electron chi connectivity index (χ0n) is 18.3. The number of ether oxygens (including phenoxy) is 1. The molecule has 0 aliphatic rings. The van der Waals surface area contributed by atoms with Crippen LogP contribution in [0.3, 0.4) is 0 Å². The van der Waals surface area contributed by atoms with E-state index in [1.54, 1.807) is 23.9 Å². The topological polar surface area (TPSA) is 106 Å². The van der Waals surface area contributed by atoms with E-state index in [9.17, 15) is 14.7 Å². The molecule has 0 radical (unpaired) electrons. The van der Waals surface area contributed by atoms with Crippen LogP contribution in [0.1, 0.15) is 45.5 Å². The minimum Gasteiger partial charge on any atom is -0.494 e. The molecule has 1 aromatic carbocycles. The summed E-state index contributed by atoms with van der Waals surface area (Å²) in [5.41, 5.74) is 4.91. The van der Waals surface area contributed by atoms with Gasteiger partial charge in [-0.15, -0.1) is 0 Å². The normalized spacial score (nSPS) is 11.8. The van der Waals surface area contributed by atoms with Crippen LogP contribution in [-0.2, 0) is 11.8 Å². The Balaban J connectivity index is 1.96. The summed E-state index contributed by atoms with van der Waals surface area (Å²) in [5, 5.41) is 16.5. The molecule has 2 aromatic heterocycles. The molecule has 0 bridgehead atoms. The smallest absolute Gasteiger partial charge is 0.305 e. The Labute approximate surface area is 180 Å². The van der Waals surface area contributed by atoms with Crippen LogP contribution in [-0.4, -0.2) is 38.9 Å². The van der Waals surface area contributed by atoms with E-state index in [1.165, 1.54) is 0 Å². The summed E-state index contributed by atoms with van der Waals surface area (Å²) in [6.45, 7) is 5.74. The Bertz CT molecular complexity index is 1120. The van der Waals surface area contributed by atoms with Gasteiger partial charge in [-0.2, -0.15) is 5.10 Å². The third kappa shape index (κ3) is 4.74. The molecule has 2 heterocycles. The lowest BCUT2D eigenvalue weighted by atomic mass is 10.0. The number of amides is 1. The van der Waals surface area contributed by atoms with Gasteiger partial charge in [0.15, 0.2) is 0 Å². The van der Waals surface area contributed by atoms with Crippen LogP contribution in [0, 0.1) is 20.8 Å². The first kappa shape index (κ1) is 22.0. The highest BCUT2D eigenvalue weighted by atomic mass is 16.5. The first-order valence-corrected chi connectivity index (χ1v) is 9.86. The van der Waals surface area contributed by atoms with E-state index >= 15 is 0 Å². The summed E-state index contributed by atoms with van der Waals surface area (Å²) >= 11 is 0. The summed E-state index contributed by atoms with van der Waals surface area (Å²) in [6.07, 6.45) is -0.237. The second-order valence-corrected chi connectivity index (χ2v) is 7.45. The molecule has 1 amide bonds. The molecular weight excluding hydrogens is 396 g/mol. The molecule has 162 valence electrons. The molecule has 3 rings (SSSR count). The van der Waals surface area contributed by atoms with Gasteiger partial charge in [0.2, 0.25) is 0 Å². The van der Waals surface area contributed by atoms with Gasteiger partial charge in [0, 0.05) is 18.3 Å². The summed E-state index contributed by atoms with van der Waals surface area (Å²) < 4.78 is 7.21. The van der Waals surface area contributed by atoms with Gasteiger partial charge in [0.25, 0.3) is 5.91 Å². The third-order valence-electron chi connectivity index (χ3n) is 5.22. The molecule has 1 unspecified atom stereocenters. The average molecular weight is 422 g/mol. The van der Waals surface area contributed by atoms with Gasteiger partial charge in [0.05, 0.1) is 25.3 Å². The van der Waals surface area contributed by atoms with Crippen molar-refractivity contribution in [2.45, 2.75) is 33.2 Å². The quantitative estimate of drug-likeness (QED) is 0.605. The van der Waals surface area contributed by atoms with Crippen LogP contribution < -0.4 is 10.1 Å². The van der Waals surface area contributed by atoms with E-state index in [1.807, 2.05) is 52.1 Å². The minimum absolute atomic E-state index is 0.168. The molecule has 2 N–H and O–H groups in total. The number of aryl methyl sites for hydroxylation is 3. The molecule has 8 nitrogen and oxygen atoms in total. The number of nitrogens with zero attached hydrogens (tertiary/aromatic N) is 3. The maximum atomic E-state index is 13.0. The largest absolute Gasteiger partial charge is 0.494 e. The molecule has 0 spiro atoms. The number of hydrogen-bond donors (Lipinski definition) is 2. The standard InChI is InChI=1S/C23H26N4O4/c1-13-6-8-16(9-7-13)18(12-20(28)29)25-23(30)17-10-11-19(31-5)22(24-17)21-14(2)26-27(4)15(21)3/h6-11,18H,12H2,1-5H3,(H,25,30)(H,28,29). The van der Waals surface area contributed by atoms with E-state index in [4.69, 9.17) is 4.74 Å². The average Bonchev–Trinajstić information content (AvgIpc) is 2.98. The van der Waals surface area contributed by atoms with Crippen LogP contribution >= 0.6 is 0 Å². The van der Waals surface area contributed by atoms with E-state index < -0.39 is 17.9 Å². The van der Waals surface area contributed by atoms with Crippen molar-refractivity contribution < 1.29 is 19.4 Å². The highest BCUT2D eigenvalue weighted by Crippen LogP contribution is 2.33. The Morgan fingerprint density at radius 3 is 2.35 bits per heavy atom. The summed E-state index contributed by atoms with van der Waals surface area (Å²) in [4.78, 5) is 28.9. The maximum Gasteiger partial charge on any atom is 0.305 e. The summed E-state index contributed by atoms with van der Waals surface area (Å²) in [6, 6.07) is 9.96. The summed E-state index contributed by atoms with van der Waals surface area (Å²) in [5.74, 6) is -0.942. The number of rotatable bonds is 7. The first-order valence-electron chi connectivity index (χ1n) is 9.86. The van der Waals surface area contributed by atoms with Crippen molar-refractivity contribution in [3.8, 4) is 17.0 Å². The number of hydrogen-bond acceptors (Lipinski definition) is 5. The second-order valence-electron chi connectivity index (χ2n) is 7.45. The Morgan fingerprint density at radius 2 is 1.81 bits per heavy atom. The molecule has 0 aliphatic heterocycles. The SMILES string of the molecule is COc1ccc(C(=O)NC(CC(=O)O)c2ccc(C)cc2)nc1-c1c(C)nn(C)c1C. The molecule has 1 atom stereocenters. The molecular formula is C23H26N4O4. The van der Waals surface area contributed by atoms with Crippen LogP contribution in [0.2, 0.25) is 0 Å². The predicted molar refractivity (Wildman–Crippen MR) is 116 cm³/mol. The second kappa shape index (κ2) is 8.99. The Kier molecular flexibility index (Phi) is 6.39. The van der Waals surface area contributed by atoms with Gasteiger partial charge in [-0.3, -0.25) is 14.3 Å². The molecule has 0 aliphatic carbocycles. The van der Waals surface area contributed by atoms with Crippen molar-refractivity contribution in [2.75, 3.05) is 7.11 Å². The Hall–Kier alpha value is -3.68. The molecule has 31 heavy (non-hydrogen) atoms. The fraction of sp³-hybridized carbons (Fsp3) is 0.304. The fourth-order valence-corrected chi connectivity index (χ4v) is 3.49. The monoisotopic (exact) mass is 422 g/mol. The van der Waals surface area contributed by atoms with Crippen molar-refractivity contribution in [1.29, 1.82) is 0 Å². The molecule has 8 heteroatoms. The number of aromatic nitrogens is 3. The maximum absolute atomic E-state index is 13.0. The van der Waals surface area contributed by atoms with E-state index in [2.05, 4.69) is 15.4 Å². The number of methoxy groups -OCH3 is 1. The van der Waals surface area contributed by atoms with Crippen LogP contribution in [0.4, 0.5) is 0 Å². The lowest BCUT2D eigenvalue weighted by Crippen LogP contribution is -2.31. The molecule has 0 saturated heterocycles. The highest BCUT2D eigenvalue weighted by molar-refractivity contribution is 5.94. The highest BCUT2D eigenvalue weighted by Gasteiger charge is 2.23. The number of pyridine rings is 1. The van der Waals surface area contributed by atoms with Gasteiger partial charge in [-0.1, -0.05) is 29.8 Å². The van der Waals surface area contributed by atoms with Gasteiger partial charge in [-0.25, -0.2) is 4.98 Å². The van der Waals surface area contributed by atoms with Crippen molar-refractivity contribution in [3.05, 3.63) is 64.6 Å². The first-order chi connectivity index (χ1) is 14.7. The van der Waals surface area contributed by atoms with E-state index in [-0.39, 0.29) is 12.1 Å². The lowest BCUT2D eigenvalue weighted by Gasteiger charge is -2.18. The molecule has 0 fully saturated rings. The Morgan fingerprint density at radius 1 is 1.13 bits per heavy atom. The zero-order chi connectivity index (χ0) is 22.7. The number of aliphatic carboxylic acids is 1. The van der Waals surface area contributed by atoms with E-state index in [0.717, 1.165) is 22.5 Å². The number of carboxylic acids is 1. The van der Waals surface area contributed by atoms with Gasteiger partial charge in [0.1, 0.15) is 17.1 Å². The van der Waals surface area contributed by atoms with Crippen molar-refractivity contribution in [3.63, 3.8) is 0 Å².